The first-order valence-electron chi connectivity index (χ1n) is 3.98. The van der Waals surface area contributed by atoms with Gasteiger partial charge in [-0.3, -0.25) is 4.72 Å². The molecule has 58 valence electrons. The van der Waals surface area contributed by atoms with Crippen molar-refractivity contribution in [3.8, 4) is 0 Å². The van der Waals surface area contributed by atoms with Crippen molar-refractivity contribution in [2.24, 2.45) is 0 Å². The maximum atomic E-state index is 3.28. The molecule has 0 aromatic rings. The van der Waals surface area contributed by atoms with Crippen LogP contribution < -0.4 is 4.72 Å². The summed E-state index contributed by atoms with van der Waals surface area (Å²) in [5.41, 5.74) is 0. The highest BCUT2D eigenvalue weighted by atomic mass is 32.2. The first kappa shape index (κ1) is 8.15. The quantitative estimate of drug-likeness (QED) is 0.498. The van der Waals surface area contributed by atoms with Gasteiger partial charge in [-0.1, -0.05) is 31.0 Å². The molecule has 0 radical (unpaired) electrons. The molecular formula is C8H15NS. The van der Waals surface area contributed by atoms with Gasteiger partial charge in [-0.2, -0.15) is 0 Å². The number of hydrogen-bond donors (Lipinski definition) is 1. The van der Waals surface area contributed by atoms with E-state index >= 15 is 0 Å². The summed E-state index contributed by atoms with van der Waals surface area (Å²) >= 11 is 1.86. The van der Waals surface area contributed by atoms with Crippen LogP contribution in [0.4, 0.5) is 0 Å². The van der Waals surface area contributed by atoms with Gasteiger partial charge in [0.2, 0.25) is 0 Å². The minimum absolute atomic E-state index is 0.730. The van der Waals surface area contributed by atoms with Crippen molar-refractivity contribution in [1.29, 1.82) is 0 Å². The van der Waals surface area contributed by atoms with E-state index in [4.69, 9.17) is 0 Å². The minimum atomic E-state index is 0.730. The zero-order chi connectivity index (χ0) is 7.23. The zero-order valence-corrected chi connectivity index (χ0v) is 7.29. The van der Waals surface area contributed by atoms with Gasteiger partial charge in [-0.05, 0) is 19.3 Å². The van der Waals surface area contributed by atoms with E-state index in [-0.39, 0.29) is 0 Å². The first-order chi connectivity index (χ1) is 4.93. The Labute approximate surface area is 67.4 Å². The van der Waals surface area contributed by atoms with Gasteiger partial charge in [0.25, 0.3) is 0 Å². The van der Waals surface area contributed by atoms with Gasteiger partial charge in [-0.15, -0.1) is 0 Å². The number of allylic oxidation sites excluding steroid dienone is 1. The molecule has 1 N–H and O–H groups in total. The van der Waals surface area contributed by atoms with Crippen LogP contribution >= 0.6 is 11.9 Å². The third-order valence-electron chi connectivity index (χ3n) is 1.59. The maximum Gasteiger partial charge on any atom is 0.0372 e. The minimum Gasteiger partial charge on any atom is -0.264 e. The van der Waals surface area contributed by atoms with E-state index in [2.05, 4.69) is 23.8 Å². The topological polar surface area (TPSA) is 12.0 Å². The van der Waals surface area contributed by atoms with E-state index in [0.29, 0.717) is 0 Å². The van der Waals surface area contributed by atoms with Gasteiger partial charge in [0.15, 0.2) is 0 Å². The van der Waals surface area contributed by atoms with Gasteiger partial charge >= 0.3 is 0 Å². The van der Waals surface area contributed by atoms with Gasteiger partial charge in [0.1, 0.15) is 0 Å². The lowest BCUT2D eigenvalue weighted by atomic mass is 10.1. The Morgan fingerprint density at radius 2 is 2.60 bits per heavy atom. The molecule has 1 aliphatic rings. The molecule has 0 spiro atoms. The van der Waals surface area contributed by atoms with Crippen LogP contribution in [-0.4, -0.2) is 11.8 Å². The average Bonchev–Trinajstić information content (AvgIpc) is 2.03. The molecule has 0 aliphatic heterocycles. The maximum absolute atomic E-state index is 3.28. The van der Waals surface area contributed by atoms with E-state index in [1.807, 2.05) is 11.9 Å². The van der Waals surface area contributed by atoms with E-state index in [9.17, 15) is 0 Å². The van der Waals surface area contributed by atoms with Crippen LogP contribution in [0.3, 0.4) is 0 Å². The lowest BCUT2D eigenvalue weighted by Gasteiger charge is -2.14. The highest BCUT2D eigenvalue weighted by molar-refractivity contribution is 7.98. The van der Waals surface area contributed by atoms with Gasteiger partial charge in [0, 0.05) is 11.8 Å². The average molecular weight is 157 g/mol. The Morgan fingerprint density at radius 1 is 1.70 bits per heavy atom. The monoisotopic (exact) mass is 157 g/mol. The van der Waals surface area contributed by atoms with Crippen LogP contribution in [0.25, 0.3) is 0 Å². The highest BCUT2D eigenvalue weighted by Gasteiger charge is 2.06. The van der Waals surface area contributed by atoms with Crippen molar-refractivity contribution < 1.29 is 0 Å². The fraction of sp³-hybridized carbons (Fsp3) is 0.750. The van der Waals surface area contributed by atoms with Gasteiger partial charge < -0.3 is 0 Å². The SMILES string of the molecule is CCNSC1C=CCCC1. The standard InChI is InChI=1S/C8H15NS/c1-2-9-10-8-6-4-3-5-7-8/h4,6,8-9H,2-3,5,7H2,1H3. The van der Waals surface area contributed by atoms with E-state index in [0.717, 1.165) is 11.8 Å². The molecule has 1 unspecified atom stereocenters. The Morgan fingerprint density at radius 3 is 3.20 bits per heavy atom. The summed E-state index contributed by atoms with van der Waals surface area (Å²) in [4.78, 5) is 0. The molecule has 10 heavy (non-hydrogen) atoms. The van der Waals surface area contributed by atoms with Crippen LogP contribution in [0, 0.1) is 0 Å². The second-order valence-corrected chi connectivity index (χ2v) is 3.64. The summed E-state index contributed by atoms with van der Waals surface area (Å²) in [5.74, 6) is 0. The molecule has 1 nitrogen and oxygen atoms in total. The summed E-state index contributed by atoms with van der Waals surface area (Å²) in [5, 5.41) is 0.730. The Balaban J connectivity index is 2.13. The Bertz CT molecular complexity index is 112. The molecule has 0 saturated heterocycles. The summed E-state index contributed by atoms with van der Waals surface area (Å²) in [6, 6.07) is 0. The van der Waals surface area contributed by atoms with Crippen LogP contribution in [0.1, 0.15) is 26.2 Å². The van der Waals surface area contributed by atoms with E-state index in [1.54, 1.807) is 0 Å². The molecule has 1 aliphatic carbocycles. The predicted molar refractivity (Wildman–Crippen MR) is 48.0 cm³/mol. The second kappa shape index (κ2) is 4.80. The lowest BCUT2D eigenvalue weighted by Crippen LogP contribution is -2.11. The molecule has 1 atom stereocenters. The molecule has 0 saturated carbocycles. The number of nitrogens with one attached hydrogen (secondary N) is 1. The molecule has 0 amide bonds. The summed E-state index contributed by atoms with van der Waals surface area (Å²) in [6.07, 6.45) is 8.59. The van der Waals surface area contributed by atoms with Crippen LogP contribution in [-0.2, 0) is 0 Å². The number of hydrogen-bond acceptors (Lipinski definition) is 2. The molecule has 0 bridgehead atoms. The highest BCUT2D eigenvalue weighted by Crippen LogP contribution is 2.20. The van der Waals surface area contributed by atoms with E-state index < -0.39 is 0 Å². The Hall–Kier alpha value is 0.0500. The summed E-state index contributed by atoms with van der Waals surface area (Å²) < 4.78 is 3.28. The normalized spacial score (nSPS) is 25.1. The third-order valence-corrected chi connectivity index (χ3v) is 2.74. The first-order valence-corrected chi connectivity index (χ1v) is 4.86. The van der Waals surface area contributed by atoms with Crippen molar-refractivity contribution >= 4 is 11.9 Å². The molecule has 0 fully saturated rings. The Kier molecular flexibility index (Phi) is 3.91. The van der Waals surface area contributed by atoms with Crippen LogP contribution in [0.15, 0.2) is 12.2 Å². The second-order valence-electron chi connectivity index (χ2n) is 2.51. The fourth-order valence-corrected chi connectivity index (χ4v) is 1.92. The van der Waals surface area contributed by atoms with Crippen molar-refractivity contribution in [3.05, 3.63) is 12.2 Å². The third kappa shape index (κ3) is 2.76. The molecule has 1 rings (SSSR count). The zero-order valence-electron chi connectivity index (χ0n) is 6.47. The molecular weight excluding hydrogens is 142 g/mol. The predicted octanol–water partition coefficient (Wildman–Crippen LogP) is 2.35. The van der Waals surface area contributed by atoms with Crippen molar-refractivity contribution in [1.82, 2.24) is 4.72 Å². The molecule has 0 heterocycles. The number of rotatable bonds is 3. The fourth-order valence-electron chi connectivity index (χ4n) is 1.07. The van der Waals surface area contributed by atoms with Crippen LogP contribution in [0.5, 0.6) is 0 Å². The largest absolute Gasteiger partial charge is 0.264 e. The summed E-state index contributed by atoms with van der Waals surface area (Å²) in [7, 11) is 0. The van der Waals surface area contributed by atoms with Crippen molar-refractivity contribution in [2.75, 3.05) is 6.54 Å². The van der Waals surface area contributed by atoms with Gasteiger partial charge in [-0.25, -0.2) is 0 Å². The smallest absolute Gasteiger partial charge is 0.0372 e. The molecule has 0 aromatic carbocycles. The lowest BCUT2D eigenvalue weighted by molar-refractivity contribution is 0.738. The summed E-state index contributed by atoms with van der Waals surface area (Å²) in [6.45, 7) is 3.20. The molecule has 2 heteroatoms. The van der Waals surface area contributed by atoms with Crippen molar-refractivity contribution in [3.63, 3.8) is 0 Å². The van der Waals surface area contributed by atoms with E-state index in [1.165, 1.54) is 19.3 Å². The van der Waals surface area contributed by atoms with Crippen LogP contribution in [0.2, 0.25) is 0 Å². The molecule has 0 aromatic heterocycles. The van der Waals surface area contributed by atoms with Crippen molar-refractivity contribution in [2.45, 2.75) is 31.4 Å². The van der Waals surface area contributed by atoms with Gasteiger partial charge in [0.05, 0.1) is 0 Å².